The van der Waals surface area contributed by atoms with Gasteiger partial charge in [-0.1, -0.05) is 48.5 Å². The maximum Gasteiger partial charge on any atom is 0.407 e. The summed E-state index contributed by atoms with van der Waals surface area (Å²) in [5, 5.41) is 11.9. The number of aliphatic carboxylic acids is 1. The summed E-state index contributed by atoms with van der Waals surface area (Å²) in [5.41, 5.74) is 5.28. The molecule has 1 aliphatic carbocycles. The van der Waals surface area contributed by atoms with Gasteiger partial charge < -0.3 is 15.2 Å². The zero-order valence-electron chi connectivity index (χ0n) is 16.9. The van der Waals surface area contributed by atoms with Crippen LogP contribution in [0.1, 0.15) is 35.6 Å². The fourth-order valence-corrected chi connectivity index (χ4v) is 3.99. The Balaban J connectivity index is 1.34. The van der Waals surface area contributed by atoms with Gasteiger partial charge in [0.2, 0.25) is 0 Å². The molecule has 158 valence electrons. The number of fused-ring (bicyclic) bond motifs is 3. The predicted octanol–water partition coefficient (Wildman–Crippen LogP) is 3.79. The summed E-state index contributed by atoms with van der Waals surface area (Å²) in [5.74, 6) is -1.16. The highest BCUT2D eigenvalue weighted by Gasteiger charge is 2.29. The number of rotatable bonds is 8. The van der Waals surface area contributed by atoms with Gasteiger partial charge >= 0.3 is 12.1 Å². The molecule has 0 unspecified atom stereocenters. The molecule has 0 spiro atoms. The normalized spacial score (nSPS) is 13.2. The predicted molar refractivity (Wildman–Crippen MR) is 115 cm³/mol. The number of hydrogen-bond donors (Lipinski definition) is 2. The highest BCUT2D eigenvalue weighted by atomic mass is 16.5. The maximum atomic E-state index is 12.4. The van der Waals surface area contributed by atoms with Crippen molar-refractivity contribution in [1.29, 1.82) is 0 Å². The molecular formula is C24H23N3O4. The molecular weight excluding hydrogens is 394 g/mol. The molecule has 7 heteroatoms. The molecule has 0 saturated heterocycles. The third-order valence-corrected chi connectivity index (χ3v) is 5.48. The molecule has 2 N–H and O–H groups in total. The lowest BCUT2D eigenvalue weighted by atomic mass is 9.98. The van der Waals surface area contributed by atoms with Gasteiger partial charge in [-0.2, -0.15) is 0 Å². The number of ether oxygens (including phenoxy) is 1. The van der Waals surface area contributed by atoms with Crippen LogP contribution in [0.5, 0.6) is 0 Å². The van der Waals surface area contributed by atoms with Crippen molar-refractivity contribution < 1.29 is 19.4 Å². The zero-order valence-corrected chi connectivity index (χ0v) is 16.9. The molecule has 1 aliphatic rings. The molecule has 0 radical (unpaired) electrons. The SMILES string of the molecule is O=C(N[C@H](CCCc1cnccn1)C(=O)O)OCC1c2ccccc2-c2ccccc21. The molecule has 1 atom stereocenters. The number of aromatic nitrogens is 2. The molecule has 4 rings (SSSR count). The number of nitrogens with zero attached hydrogens (tertiary/aromatic N) is 2. The van der Waals surface area contributed by atoms with E-state index in [9.17, 15) is 14.7 Å². The minimum atomic E-state index is -1.09. The number of benzene rings is 2. The van der Waals surface area contributed by atoms with Crippen molar-refractivity contribution >= 4 is 12.1 Å². The van der Waals surface area contributed by atoms with Crippen molar-refractivity contribution in [2.45, 2.75) is 31.2 Å². The number of carboxylic acids is 1. The third-order valence-electron chi connectivity index (χ3n) is 5.48. The molecule has 7 nitrogen and oxygen atoms in total. The van der Waals surface area contributed by atoms with Crippen LogP contribution in [0.25, 0.3) is 11.1 Å². The highest BCUT2D eigenvalue weighted by Crippen LogP contribution is 2.44. The van der Waals surface area contributed by atoms with Crippen molar-refractivity contribution in [2.24, 2.45) is 0 Å². The van der Waals surface area contributed by atoms with Crippen molar-refractivity contribution in [3.05, 3.63) is 83.9 Å². The second-order valence-electron chi connectivity index (χ2n) is 7.45. The molecule has 0 aliphatic heterocycles. The average Bonchev–Trinajstić information content (AvgIpc) is 3.11. The first kappa shape index (κ1) is 20.5. The molecule has 0 saturated carbocycles. The van der Waals surface area contributed by atoms with Crippen molar-refractivity contribution in [1.82, 2.24) is 15.3 Å². The van der Waals surface area contributed by atoms with Gasteiger partial charge in [-0.05, 0) is 41.5 Å². The number of amides is 1. The van der Waals surface area contributed by atoms with E-state index in [1.165, 1.54) is 0 Å². The van der Waals surface area contributed by atoms with Crippen LogP contribution in [0.2, 0.25) is 0 Å². The van der Waals surface area contributed by atoms with Gasteiger partial charge in [0, 0.05) is 24.5 Å². The topological polar surface area (TPSA) is 101 Å². The molecule has 1 amide bonds. The van der Waals surface area contributed by atoms with Crippen LogP contribution in [0.4, 0.5) is 4.79 Å². The summed E-state index contributed by atoms with van der Waals surface area (Å²) in [4.78, 5) is 32.1. The van der Waals surface area contributed by atoms with E-state index in [4.69, 9.17) is 4.74 Å². The Morgan fingerprint density at radius 2 is 1.71 bits per heavy atom. The number of carbonyl (C=O) groups is 2. The Kier molecular flexibility index (Phi) is 6.21. The average molecular weight is 417 g/mol. The first-order chi connectivity index (χ1) is 15.1. The lowest BCUT2D eigenvalue weighted by Crippen LogP contribution is -2.41. The van der Waals surface area contributed by atoms with E-state index in [0.29, 0.717) is 12.8 Å². The number of nitrogens with one attached hydrogen (secondary N) is 1. The summed E-state index contributed by atoms with van der Waals surface area (Å²) >= 11 is 0. The quantitative estimate of drug-likeness (QED) is 0.578. The second kappa shape index (κ2) is 9.38. The summed E-state index contributed by atoms with van der Waals surface area (Å²) in [7, 11) is 0. The number of aryl methyl sites for hydroxylation is 1. The number of carbonyl (C=O) groups excluding carboxylic acids is 1. The Hall–Kier alpha value is -3.74. The van der Waals surface area contributed by atoms with Crippen LogP contribution in [0.15, 0.2) is 67.1 Å². The summed E-state index contributed by atoms with van der Waals surface area (Å²) in [6.07, 6.45) is 5.52. The molecule has 31 heavy (non-hydrogen) atoms. The van der Waals surface area contributed by atoms with E-state index in [1.807, 2.05) is 36.4 Å². The van der Waals surface area contributed by atoms with E-state index in [2.05, 4.69) is 27.4 Å². The summed E-state index contributed by atoms with van der Waals surface area (Å²) in [6, 6.07) is 15.1. The van der Waals surface area contributed by atoms with Crippen LogP contribution >= 0.6 is 0 Å². The first-order valence-electron chi connectivity index (χ1n) is 10.2. The Bertz CT molecular complexity index is 1030. The minimum Gasteiger partial charge on any atom is -0.480 e. The van der Waals surface area contributed by atoms with E-state index in [1.54, 1.807) is 18.6 Å². The lowest BCUT2D eigenvalue weighted by molar-refractivity contribution is -0.139. The van der Waals surface area contributed by atoms with Crippen molar-refractivity contribution in [3.8, 4) is 11.1 Å². The van der Waals surface area contributed by atoms with E-state index in [0.717, 1.165) is 27.9 Å². The molecule has 3 aromatic rings. The number of carboxylic acid groups (broad SMARTS) is 1. The molecule has 2 aromatic carbocycles. The zero-order chi connectivity index (χ0) is 21.6. The second-order valence-corrected chi connectivity index (χ2v) is 7.45. The van der Waals surface area contributed by atoms with Gasteiger partial charge in [-0.3, -0.25) is 9.97 Å². The van der Waals surface area contributed by atoms with Crippen LogP contribution in [-0.4, -0.2) is 39.8 Å². The Morgan fingerprint density at radius 3 is 2.32 bits per heavy atom. The van der Waals surface area contributed by atoms with Gasteiger partial charge in [0.25, 0.3) is 0 Å². The number of alkyl carbamates (subject to hydrolysis) is 1. The van der Waals surface area contributed by atoms with E-state index in [-0.39, 0.29) is 18.9 Å². The molecule has 0 bridgehead atoms. The van der Waals surface area contributed by atoms with Gasteiger partial charge in [0.1, 0.15) is 12.6 Å². The van der Waals surface area contributed by atoms with Gasteiger partial charge in [0.05, 0.1) is 5.69 Å². The number of hydrogen-bond acceptors (Lipinski definition) is 5. The smallest absolute Gasteiger partial charge is 0.407 e. The van der Waals surface area contributed by atoms with Gasteiger partial charge in [-0.25, -0.2) is 9.59 Å². The molecule has 1 aromatic heterocycles. The van der Waals surface area contributed by atoms with Crippen molar-refractivity contribution in [2.75, 3.05) is 6.61 Å². The summed E-state index contributed by atoms with van der Waals surface area (Å²) in [6.45, 7) is 0.145. The van der Waals surface area contributed by atoms with Crippen LogP contribution < -0.4 is 5.32 Å². The van der Waals surface area contributed by atoms with E-state index < -0.39 is 18.1 Å². The largest absolute Gasteiger partial charge is 0.480 e. The summed E-state index contributed by atoms with van der Waals surface area (Å²) < 4.78 is 5.45. The minimum absolute atomic E-state index is 0.0712. The Labute approximate surface area is 180 Å². The monoisotopic (exact) mass is 417 g/mol. The van der Waals surface area contributed by atoms with Gasteiger partial charge in [0.15, 0.2) is 0 Å². The highest BCUT2D eigenvalue weighted by molar-refractivity contribution is 5.81. The lowest BCUT2D eigenvalue weighted by Gasteiger charge is -2.17. The van der Waals surface area contributed by atoms with Crippen LogP contribution in [0.3, 0.4) is 0 Å². The standard InChI is InChI=1S/C24H23N3O4/c28-23(29)22(11-5-6-16-14-25-12-13-26-16)27-24(30)31-15-21-19-9-3-1-7-17(19)18-8-2-4-10-20(18)21/h1-4,7-10,12-14,21-22H,5-6,11,15H2,(H,27,30)(H,28,29)/t22-/m1/s1. The fraction of sp³-hybridized carbons (Fsp3) is 0.250. The fourth-order valence-electron chi connectivity index (χ4n) is 3.99. The Morgan fingerprint density at radius 1 is 1.03 bits per heavy atom. The van der Waals surface area contributed by atoms with Crippen LogP contribution in [-0.2, 0) is 16.0 Å². The van der Waals surface area contributed by atoms with Crippen molar-refractivity contribution in [3.63, 3.8) is 0 Å². The van der Waals surface area contributed by atoms with E-state index >= 15 is 0 Å². The molecule has 0 fully saturated rings. The maximum absolute atomic E-state index is 12.4. The molecule has 1 heterocycles. The van der Waals surface area contributed by atoms with Gasteiger partial charge in [-0.15, -0.1) is 0 Å². The van der Waals surface area contributed by atoms with Crippen LogP contribution in [0, 0.1) is 0 Å². The first-order valence-corrected chi connectivity index (χ1v) is 10.2. The third kappa shape index (κ3) is 4.71.